The van der Waals surface area contributed by atoms with Crippen LogP contribution in [0.5, 0.6) is 11.5 Å². The van der Waals surface area contributed by atoms with E-state index in [0.29, 0.717) is 17.9 Å². The fourth-order valence-corrected chi connectivity index (χ4v) is 3.47. The van der Waals surface area contributed by atoms with Gasteiger partial charge in [-0.05, 0) is 31.5 Å². The maximum atomic E-state index is 12.3. The van der Waals surface area contributed by atoms with Gasteiger partial charge in [-0.1, -0.05) is 35.9 Å². The molecule has 0 saturated carbocycles. The van der Waals surface area contributed by atoms with E-state index in [4.69, 9.17) is 13.7 Å². The second kappa shape index (κ2) is 7.29. The van der Waals surface area contributed by atoms with Crippen molar-refractivity contribution >= 4 is 10.1 Å². The summed E-state index contributed by atoms with van der Waals surface area (Å²) >= 11 is 0. The third-order valence-corrected chi connectivity index (χ3v) is 5.15. The van der Waals surface area contributed by atoms with E-state index in [-0.39, 0.29) is 18.1 Å². The highest BCUT2D eigenvalue weighted by Gasteiger charge is 2.26. The van der Waals surface area contributed by atoms with Crippen LogP contribution in [0.1, 0.15) is 11.1 Å². The summed E-state index contributed by atoms with van der Waals surface area (Å²) in [6.45, 7) is 5.74. The highest BCUT2D eigenvalue weighted by Crippen LogP contribution is 2.35. The summed E-state index contributed by atoms with van der Waals surface area (Å²) in [6.07, 6.45) is 1.92. The maximum absolute atomic E-state index is 12.3. The van der Waals surface area contributed by atoms with Crippen LogP contribution in [-0.4, -0.2) is 27.7 Å². The smallest absolute Gasteiger partial charge is 0.297 e. The normalized spacial score (nSPS) is 16.4. The van der Waals surface area contributed by atoms with E-state index in [2.05, 4.69) is 6.58 Å². The predicted octanol–water partition coefficient (Wildman–Crippen LogP) is 3.27. The summed E-state index contributed by atoms with van der Waals surface area (Å²) in [7, 11) is -3.83. The van der Waals surface area contributed by atoms with Gasteiger partial charge in [0.15, 0.2) is 17.6 Å². The fraction of sp³-hybridized carbons (Fsp3) is 0.263. The molecule has 132 valence electrons. The fourth-order valence-electron chi connectivity index (χ4n) is 2.53. The first-order valence-corrected chi connectivity index (χ1v) is 9.39. The molecule has 1 aliphatic heterocycles. The van der Waals surface area contributed by atoms with Crippen LogP contribution >= 0.6 is 0 Å². The molecule has 5 nitrogen and oxygen atoms in total. The number of hydrogen-bond donors (Lipinski definition) is 0. The van der Waals surface area contributed by atoms with Crippen molar-refractivity contribution in [3.05, 3.63) is 66.2 Å². The van der Waals surface area contributed by atoms with Gasteiger partial charge in [0, 0.05) is 5.56 Å². The standard InChI is InChI=1S/C19H20O5S/c1-3-5-15-6-4-7-18-19(15)24-16(12-22-18)13-23-25(20,21)17-10-8-14(2)9-11-17/h3-4,6-11,16H,1,5,12-13H2,2H3. The topological polar surface area (TPSA) is 61.8 Å². The minimum Gasteiger partial charge on any atom is -0.486 e. The van der Waals surface area contributed by atoms with Crippen molar-refractivity contribution in [1.82, 2.24) is 0 Å². The molecule has 0 saturated heterocycles. The molecule has 25 heavy (non-hydrogen) atoms. The van der Waals surface area contributed by atoms with E-state index in [1.165, 1.54) is 12.1 Å². The molecule has 0 radical (unpaired) electrons. The van der Waals surface area contributed by atoms with Crippen LogP contribution < -0.4 is 9.47 Å². The van der Waals surface area contributed by atoms with Crippen LogP contribution in [0, 0.1) is 6.92 Å². The number of hydrogen-bond acceptors (Lipinski definition) is 5. The van der Waals surface area contributed by atoms with E-state index in [9.17, 15) is 8.42 Å². The summed E-state index contributed by atoms with van der Waals surface area (Å²) in [5.74, 6) is 1.27. The molecule has 0 bridgehead atoms. The van der Waals surface area contributed by atoms with Gasteiger partial charge in [-0.25, -0.2) is 0 Å². The van der Waals surface area contributed by atoms with Gasteiger partial charge >= 0.3 is 0 Å². The van der Waals surface area contributed by atoms with E-state index < -0.39 is 16.2 Å². The SMILES string of the molecule is C=CCc1cccc2c1OC(COS(=O)(=O)c1ccc(C)cc1)CO2. The lowest BCUT2D eigenvalue weighted by Gasteiger charge is -2.27. The molecule has 6 heteroatoms. The Balaban J connectivity index is 1.69. The minimum absolute atomic E-state index is 0.113. The zero-order valence-corrected chi connectivity index (χ0v) is 14.8. The van der Waals surface area contributed by atoms with Crippen LogP contribution in [-0.2, 0) is 20.7 Å². The Kier molecular flexibility index (Phi) is 5.11. The molecule has 1 heterocycles. The van der Waals surface area contributed by atoms with Crippen molar-refractivity contribution in [2.24, 2.45) is 0 Å². The third-order valence-electron chi connectivity index (χ3n) is 3.85. The predicted molar refractivity (Wildman–Crippen MR) is 94.6 cm³/mol. The van der Waals surface area contributed by atoms with E-state index in [1.54, 1.807) is 18.2 Å². The summed E-state index contributed by atoms with van der Waals surface area (Å²) in [6, 6.07) is 12.2. The Hall–Kier alpha value is -2.31. The average molecular weight is 360 g/mol. The summed E-state index contributed by atoms with van der Waals surface area (Å²) in [5, 5.41) is 0. The second-order valence-electron chi connectivity index (χ2n) is 5.84. The van der Waals surface area contributed by atoms with Gasteiger partial charge in [-0.15, -0.1) is 6.58 Å². The number of fused-ring (bicyclic) bond motifs is 1. The number of aryl methyl sites for hydroxylation is 1. The van der Waals surface area contributed by atoms with Gasteiger partial charge in [0.2, 0.25) is 0 Å². The van der Waals surface area contributed by atoms with E-state index in [0.717, 1.165) is 11.1 Å². The molecule has 1 atom stereocenters. The molecule has 3 rings (SSSR count). The Labute approximate surface area is 148 Å². The Morgan fingerprint density at radius 3 is 2.72 bits per heavy atom. The lowest BCUT2D eigenvalue weighted by molar-refractivity contribution is 0.0546. The summed E-state index contributed by atoms with van der Waals surface area (Å²) in [4.78, 5) is 0.127. The molecule has 1 unspecified atom stereocenters. The van der Waals surface area contributed by atoms with Crippen LogP contribution in [0.2, 0.25) is 0 Å². The Morgan fingerprint density at radius 1 is 1.24 bits per heavy atom. The van der Waals surface area contributed by atoms with Crippen molar-refractivity contribution in [2.75, 3.05) is 13.2 Å². The zero-order chi connectivity index (χ0) is 17.9. The Bertz CT molecular complexity index is 856. The van der Waals surface area contributed by atoms with Crippen molar-refractivity contribution in [3.8, 4) is 11.5 Å². The second-order valence-corrected chi connectivity index (χ2v) is 7.46. The highest BCUT2D eigenvalue weighted by molar-refractivity contribution is 7.86. The number of allylic oxidation sites excluding steroid dienone is 1. The van der Waals surface area contributed by atoms with Crippen LogP contribution in [0.3, 0.4) is 0 Å². The number of para-hydroxylation sites is 1. The quantitative estimate of drug-likeness (QED) is 0.584. The lowest BCUT2D eigenvalue weighted by atomic mass is 10.1. The van der Waals surface area contributed by atoms with Crippen molar-refractivity contribution in [1.29, 1.82) is 0 Å². The molecule has 2 aromatic carbocycles. The molecular formula is C19H20O5S. The van der Waals surface area contributed by atoms with Crippen LogP contribution in [0.4, 0.5) is 0 Å². The number of benzene rings is 2. The molecular weight excluding hydrogens is 340 g/mol. The van der Waals surface area contributed by atoms with Gasteiger partial charge in [-0.3, -0.25) is 4.18 Å². The molecule has 0 N–H and O–H groups in total. The van der Waals surface area contributed by atoms with E-state index in [1.807, 2.05) is 25.1 Å². The monoisotopic (exact) mass is 360 g/mol. The first-order valence-electron chi connectivity index (χ1n) is 7.98. The lowest BCUT2D eigenvalue weighted by Crippen LogP contribution is -2.34. The van der Waals surface area contributed by atoms with Gasteiger partial charge < -0.3 is 9.47 Å². The summed E-state index contributed by atoms with van der Waals surface area (Å²) < 4.78 is 41.3. The van der Waals surface area contributed by atoms with Gasteiger partial charge in [-0.2, -0.15) is 8.42 Å². The molecule has 0 amide bonds. The molecule has 0 aliphatic carbocycles. The van der Waals surface area contributed by atoms with Gasteiger partial charge in [0.05, 0.1) is 4.90 Å². The number of rotatable bonds is 6. The van der Waals surface area contributed by atoms with Crippen LogP contribution in [0.15, 0.2) is 60.0 Å². The molecule has 0 aromatic heterocycles. The van der Waals surface area contributed by atoms with Crippen molar-refractivity contribution < 1.29 is 22.1 Å². The van der Waals surface area contributed by atoms with Crippen molar-refractivity contribution in [2.45, 2.75) is 24.3 Å². The molecule has 0 spiro atoms. The third kappa shape index (κ3) is 4.03. The Morgan fingerprint density at radius 2 is 2.00 bits per heavy atom. The molecule has 1 aliphatic rings. The largest absolute Gasteiger partial charge is 0.486 e. The average Bonchev–Trinajstić information content (AvgIpc) is 2.61. The first-order chi connectivity index (χ1) is 12.0. The zero-order valence-electron chi connectivity index (χ0n) is 14.0. The molecule has 0 fully saturated rings. The first kappa shape index (κ1) is 17.5. The highest BCUT2D eigenvalue weighted by atomic mass is 32.2. The van der Waals surface area contributed by atoms with Gasteiger partial charge in [0.1, 0.15) is 13.2 Å². The van der Waals surface area contributed by atoms with Gasteiger partial charge in [0.25, 0.3) is 10.1 Å². The van der Waals surface area contributed by atoms with Crippen molar-refractivity contribution in [3.63, 3.8) is 0 Å². The summed E-state index contributed by atoms with van der Waals surface area (Å²) in [5.41, 5.74) is 1.92. The number of ether oxygens (including phenoxy) is 2. The molecule has 2 aromatic rings. The minimum atomic E-state index is -3.83. The van der Waals surface area contributed by atoms with Crippen LogP contribution in [0.25, 0.3) is 0 Å². The van der Waals surface area contributed by atoms with E-state index >= 15 is 0 Å². The maximum Gasteiger partial charge on any atom is 0.297 e.